The zero-order chi connectivity index (χ0) is 16.3. The number of imide groups is 1. The van der Waals surface area contributed by atoms with Gasteiger partial charge in [-0.2, -0.15) is 0 Å². The van der Waals surface area contributed by atoms with Gasteiger partial charge in [-0.25, -0.2) is 4.79 Å². The molecular weight excluding hydrogens is 284 g/mol. The molecule has 1 aliphatic rings. The van der Waals surface area contributed by atoms with E-state index in [2.05, 4.69) is 19.2 Å². The molecule has 1 heterocycles. The minimum Gasteiger partial charge on any atom is -0.491 e. The van der Waals surface area contributed by atoms with Crippen LogP contribution in [0.4, 0.5) is 4.79 Å². The third-order valence-corrected chi connectivity index (χ3v) is 3.55. The summed E-state index contributed by atoms with van der Waals surface area (Å²) < 4.78 is 5.70. The van der Waals surface area contributed by atoms with E-state index in [9.17, 15) is 14.7 Å². The normalized spacial score (nSPS) is 16.1. The number of nitrogens with zero attached hydrogens (tertiary/aromatic N) is 1. The number of carbonyl (C=O) groups excluding carboxylic acids is 2. The van der Waals surface area contributed by atoms with E-state index in [4.69, 9.17) is 4.74 Å². The van der Waals surface area contributed by atoms with Gasteiger partial charge in [0, 0.05) is 0 Å². The molecule has 0 bridgehead atoms. The SMILES string of the molecule is Cc1ccc(C(C)C)c(OC[C@H](O)CN2C(=O)CNC2=O)c1. The largest absolute Gasteiger partial charge is 0.491 e. The van der Waals surface area contributed by atoms with E-state index in [1.165, 1.54) is 0 Å². The van der Waals surface area contributed by atoms with Gasteiger partial charge >= 0.3 is 6.03 Å². The third-order valence-electron chi connectivity index (χ3n) is 3.55. The number of nitrogens with one attached hydrogen (secondary N) is 1. The second kappa shape index (κ2) is 6.79. The summed E-state index contributed by atoms with van der Waals surface area (Å²) in [5.41, 5.74) is 2.13. The average molecular weight is 306 g/mol. The summed E-state index contributed by atoms with van der Waals surface area (Å²) in [6.07, 6.45) is -0.923. The van der Waals surface area contributed by atoms with Crippen LogP contribution in [0.1, 0.15) is 30.9 Å². The number of urea groups is 1. The van der Waals surface area contributed by atoms with Crippen molar-refractivity contribution >= 4 is 11.9 Å². The highest BCUT2D eigenvalue weighted by Crippen LogP contribution is 2.27. The highest BCUT2D eigenvalue weighted by molar-refractivity contribution is 6.01. The second-order valence-corrected chi connectivity index (χ2v) is 5.82. The first-order valence-electron chi connectivity index (χ1n) is 7.38. The Morgan fingerprint density at radius 1 is 1.36 bits per heavy atom. The topological polar surface area (TPSA) is 78.9 Å². The highest BCUT2D eigenvalue weighted by Gasteiger charge is 2.30. The Balaban J connectivity index is 1.96. The molecule has 0 aromatic heterocycles. The molecule has 0 radical (unpaired) electrons. The number of hydrogen-bond donors (Lipinski definition) is 2. The molecule has 6 heteroatoms. The van der Waals surface area contributed by atoms with Crippen LogP contribution >= 0.6 is 0 Å². The molecule has 1 aromatic rings. The monoisotopic (exact) mass is 306 g/mol. The molecule has 6 nitrogen and oxygen atoms in total. The maximum absolute atomic E-state index is 11.5. The Bertz CT molecular complexity index is 555. The van der Waals surface area contributed by atoms with Gasteiger partial charge in [0.1, 0.15) is 18.5 Å². The number of aliphatic hydroxyl groups is 1. The lowest BCUT2D eigenvalue weighted by molar-refractivity contribution is -0.126. The molecule has 3 amide bonds. The van der Waals surface area contributed by atoms with Crippen LogP contribution in [-0.4, -0.2) is 47.7 Å². The Morgan fingerprint density at radius 3 is 2.68 bits per heavy atom. The number of benzene rings is 1. The van der Waals surface area contributed by atoms with Crippen molar-refractivity contribution in [3.63, 3.8) is 0 Å². The first-order valence-corrected chi connectivity index (χ1v) is 7.38. The third kappa shape index (κ3) is 3.76. The fraction of sp³-hybridized carbons (Fsp3) is 0.500. The molecule has 1 atom stereocenters. The maximum Gasteiger partial charge on any atom is 0.324 e. The van der Waals surface area contributed by atoms with Crippen molar-refractivity contribution < 1.29 is 19.4 Å². The van der Waals surface area contributed by atoms with Crippen molar-refractivity contribution in [3.8, 4) is 5.75 Å². The van der Waals surface area contributed by atoms with Crippen LogP contribution in [0.15, 0.2) is 18.2 Å². The van der Waals surface area contributed by atoms with E-state index in [0.29, 0.717) is 5.92 Å². The summed E-state index contributed by atoms with van der Waals surface area (Å²) in [6.45, 7) is 6.07. The number of amides is 3. The van der Waals surface area contributed by atoms with E-state index < -0.39 is 12.1 Å². The van der Waals surface area contributed by atoms with Crippen molar-refractivity contribution in [2.75, 3.05) is 19.7 Å². The van der Waals surface area contributed by atoms with Crippen molar-refractivity contribution in [2.45, 2.75) is 32.8 Å². The van der Waals surface area contributed by atoms with Crippen LogP contribution < -0.4 is 10.1 Å². The molecule has 22 heavy (non-hydrogen) atoms. The van der Waals surface area contributed by atoms with Crippen LogP contribution in [0.25, 0.3) is 0 Å². The second-order valence-electron chi connectivity index (χ2n) is 5.82. The molecule has 1 aromatic carbocycles. The van der Waals surface area contributed by atoms with Crippen LogP contribution in [-0.2, 0) is 4.79 Å². The zero-order valence-electron chi connectivity index (χ0n) is 13.1. The van der Waals surface area contributed by atoms with Gasteiger partial charge in [-0.15, -0.1) is 0 Å². The van der Waals surface area contributed by atoms with Gasteiger partial charge in [0.25, 0.3) is 0 Å². The summed E-state index contributed by atoms with van der Waals surface area (Å²) >= 11 is 0. The molecule has 120 valence electrons. The van der Waals surface area contributed by atoms with E-state index in [0.717, 1.165) is 21.8 Å². The number of aliphatic hydroxyl groups excluding tert-OH is 1. The minimum absolute atomic E-state index is 0.0121. The van der Waals surface area contributed by atoms with Crippen molar-refractivity contribution in [3.05, 3.63) is 29.3 Å². The van der Waals surface area contributed by atoms with Gasteiger partial charge in [-0.05, 0) is 30.0 Å². The smallest absolute Gasteiger partial charge is 0.324 e. The van der Waals surface area contributed by atoms with Crippen molar-refractivity contribution in [1.82, 2.24) is 10.2 Å². The molecule has 2 rings (SSSR count). The summed E-state index contributed by atoms with van der Waals surface area (Å²) in [6, 6.07) is 5.49. The van der Waals surface area contributed by atoms with E-state index >= 15 is 0 Å². The minimum atomic E-state index is -0.923. The fourth-order valence-corrected chi connectivity index (χ4v) is 2.33. The molecule has 0 saturated carbocycles. The van der Waals surface area contributed by atoms with Crippen molar-refractivity contribution in [1.29, 1.82) is 0 Å². The fourth-order valence-electron chi connectivity index (χ4n) is 2.33. The summed E-state index contributed by atoms with van der Waals surface area (Å²) in [5.74, 6) is 0.701. The first-order chi connectivity index (χ1) is 10.4. The molecule has 1 aliphatic heterocycles. The number of carbonyl (C=O) groups is 2. The van der Waals surface area contributed by atoms with Gasteiger partial charge in [0.2, 0.25) is 5.91 Å². The molecule has 2 N–H and O–H groups in total. The van der Waals surface area contributed by atoms with Crippen LogP contribution in [0, 0.1) is 6.92 Å². The number of rotatable bonds is 6. The van der Waals surface area contributed by atoms with Gasteiger partial charge < -0.3 is 15.2 Å². The highest BCUT2D eigenvalue weighted by atomic mass is 16.5. The number of aryl methyl sites for hydroxylation is 1. The van der Waals surface area contributed by atoms with Gasteiger partial charge in [-0.3, -0.25) is 9.69 Å². The average Bonchev–Trinajstić information content (AvgIpc) is 2.76. The number of ether oxygens (including phenoxy) is 1. The van der Waals surface area contributed by atoms with Crippen LogP contribution in [0.2, 0.25) is 0 Å². The Labute approximate surface area is 130 Å². The quantitative estimate of drug-likeness (QED) is 0.779. The molecular formula is C16H22N2O4. The molecule has 1 saturated heterocycles. The Morgan fingerprint density at radius 2 is 2.09 bits per heavy atom. The van der Waals surface area contributed by atoms with Crippen LogP contribution in [0.5, 0.6) is 5.75 Å². The lowest BCUT2D eigenvalue weighted by Gasteiger charge is -2.20. The predicted octanol–water partition coefficient (Wildman–Crippen LogP) is 1.41. The van der Waals surface area contributed by atoms with Gasteiger partial charge in [0.05, 0.1) is 13.1 Å². The standard InChI is InChI=1S/C16H22N2O4/c1-10(2)13-5-4-11(3)6-14(13)22-9-12(19)8-18-15(20)7-17-16(18)21/h4-6,10,12,19H,7-9H2,1-3H3,(H,17,21)/t12-/m1/s1. The van der Waals surface area contributed by atoms with E-state index in [1.807, 2.05) is 25.1 Å². The predicted molar refractivity (Wildman–Crippen MR) is 81.9 cm³/mol. The Hall–Kier alpha value is -2.08. The lowest BCUT2D eigenvalue weighted by Crippen LogP contribution is -2.39. The lowest BCUT2D eigenvalue weighted by atomic mass is 10.0. The zero-order valence-corrected chi connectivity index (χ0v) is 13.1. The first kappa shape index (κ1) is 16.3. The summed E-state index contributed by atoms with van der Waals surface area (Å²) in [7, 11) is 0. The van der Waals surface area contributed by atoms with Crippen molar-refractivity contribution in [2.24, 2.45) is 0 Å². The van der Waals surface area contributed by atoms with Gasteiger partial charge in [0.15, 0.2) is 0 Å². The maximum atomic E-state index is 11.5. The molecule has 1 fully saturated rings. The van der Waals surface area contributed by atoms with E-state index in [-0.39, 0.29) is 25.6 Å². The molecule has 0 aliphatic carbocycles. The van der Waals surface area contributed by atoms with E-state index in [1.54, 1.807) is 0 Å². The molecule has 0 spiro atoms. The van der Waals surface area contributed by atoms with Gasteiger partial charge in [-0.1, -0.05) is 26.0 Å². The van der Waals surface area contributed by atoms with Crippen LogP contribution in [0.3, 0.4) is 0 Å². The Kier molecular flexibility index (Phi) is 5.03. The number of hydrogen-bond acceptors (Lipinski definition) is 4. The number of β-amino-alcohol motifs (C(OH)–C–C–N with tert-alkyl or cyclic N) is 1. The summed E-state index contributed by atoms with van der Waals surface area (Å²) in [4.78, 5) is 23.9. The summed E-state index contributed by atoms with van der Waals surface area (Å²) in [5, 5.41) is 12.4. The molecule has 0 unspecified atom stereocenters.